The molecule has 0 radical (unpaired) electrons. The molecule has 1 aromatic carbocycles. The number of nitrogens with one attached hydrogen (secondary N) is 1. The lowest BCUT2D eigenvalue weighted by Crippen LogP contribution is -2.20. The van der Waals surface area contributed by atoms with Crippen LogP contribution in [0, 0.1) is 5.82 Å². The Labute approximate surface area is 67.2 Å². The van der Waals surface area contributed by atoms with Crippen LogP contribution in [0.5, 0.6) is 5.75 Å². The molecule has 1 aromatic rings. The van der Waals surface area contributed by atoms with Gasteiger partial charge in [-0.05, 0) is 12.1 Å². The first-order chi connectivity index (χ1) is 5.66. The number of phenols is 1. The van der Waals surface area contributed by atoms with Gasteiger partial charge >= 0.3 is 0 Å². The number of phenolic OH excluding ortho intramolecular Hbond substituents is 1. The van der Waals surface area contributed by atoms with Gasteiger partial charge in [0, 0.05) is 0 Å². The molecule has 0 aliphatic carbocycles. The van der Waals surface area contributed by atoms with Crippen LogP contribution in [0.2, 0.25) is 0 Å². The van der Waals surface area contributed by atoms with Crippen LogP contribution in [0.1, 0.15) is 10.4 Å². The van der Waals surface area contributed by atoms with Crippen molar-refractivity contribution in [2.75, 3.05) is 0 Å². The average molecular weight is 171 g/mol. The molecule has 3 N–H and O–H groups in total. The fourth-order valence-electron chi connectivity index (χ4n) is 0.793. The fraction of sp³-hybridized carbons (Fsp3) is 0. The second-order valence-electron chi connectivity index (χ2n) is 2.07. The summed E-state index contributed by atoms with van der Waals surface area (Å²) in [7, 11) is 0. The number of rotatable bonds is 1. The molecule has 12 heavy (non-hydrogen) atoms. The topological polar surface area (TPSA) is 69.6 Å². The normalized spacial score (nSPS) is 9.50. The monoisotopic (exact) mass is 171 g/mol. The molecule has 0 saturated heterocycles. The SMILES string of the molecule is O=C(NO)c1c(O)cccc1F. The highest BCUT2D eigenvalue weighted by molar-refractivity contribution is 5.96. The van der Waals surface area contributed by atoms with Crippen LogP contribution in [-0.2, 0) is 0 Å². The first-order valence-corrected chi connectivity index (χ1v) is 3.08. The summed E-state index contributed by atoms with van der Waals surface area (Å²) in [5, 5.41) is 17.1. The number of hydroxylamine groups is 1. The molecule has 0 bridgehead atoms. The zero-order chi connectivity index (χ0) is 9.14. The first kappa shape index (κ1) is 8.48. The number of halogens is 1. The van der Waals surface area contributed by atoms with Crippen molar-refractivity contribution < 1.29 is 19.5 Å². The molecular formula is C7H6FNO3. The van der Waals surface area contributed by atoms with E-state index in [1.165, 1.54) is 11.5 Å². The third kappa shape index (κ3) is 1.35. The van der Waals surface area contributed by atoms with Gasteiger partial charge in [0.25, 0.3) is 5.91 Å². The molecule has 5 heteroatoms. The molecule has 64 valence electrons. The molecule has 1 rings (SSSR count). The molecular weight excluding hydrogens is 165 g/mol. The molecule has 1 amide bonds. The molecule has 0 atom stereocenters. The number of hydrogen-bond acceptors (Lipinski definition) is 3. The van der Waals surface area contributed by atoms with Crippen molar-refractivity contribution in [2.24, 2.45) is 0 Å². The van der Waals surface area contributed by atoms with Crippen molar-refractivity contribution in [3.63, 3.8) is 0 Å². The minimum atomic E-state index is -1.08. The second-order valence-corrected chi connectivity index (χ2v) is 2.07. The number of aromatic hydroxyl groups is 1. The van der Waals surface area contributed by atoms with Crippen LogP contribution in [0.15, 0.2) is 18.2 Å². The van der Waals surface area contributed by atoms with Crippen LogP contribution >= 0.6 is 0 Å². The van der Waals surface area contributed by atoms with Crippen molar-refractivity contribution >= 4 is 5.91 Å². The molecule has 0 aromatic heterocycles. The van der Waals surface area contributed by atoms with Crippen LogP contribution in [0.25, 0.3) is 0 Å². The predicted octanol–water partition coefficient (Wildman–Crippen LogP) is 0.650. The maximum Gasteiger partial charge on any atom is 0.281 e. The van der Waals surface area contributed by atoms with Gasteiger partial charge in [-0.2, -0.15) is 0 Å². The Morgan fingerprint density at radius 2 is 2.17 bits per heavy atom. The molecule has 0 aliphatic rings. The zero-order valence-corrected chi connectivity index (χ0v) is 5.91. The maximum atomic E-state index is 12.8. The summed E-state index contributed by atoms with van der Waals surface area (Å²) in [6.07, 6.45) is 0. The third-order valence-corrected chi connectivity index (χ3v) is 1.32. The van der Waals surface area contributed by atoms with Crippen LogP contribution < -0.4 is 5.48 Å². The Hall–Kier alpha value is -1.62. The van der Waals surface area contributed by atoms with Crippen molar-refractivity contribution in [1.82, 2.24) is 5.48 Å². The van der Waals surface area contributed by atoms with E-state index in [1.54, 1.807) is 0 Å². The molecule has 0 unspecified atom stereocenters. The Morgan fingerprint density at radius 3 is 2.67 bits per heavy atom. The standard InChI is InChI=1S/C7H6FNO3/c8-4-2-1-3-5(10)6(4)7(11)9-12/h1-3,10,12H,(H,9,11). The fourth-order valence-corrected chi connectivity index (χ4v) is 0.793. The van der Waals surface area contributed by atoms with Crippen molar-refractivity contribution in [3.05, 3.63) is 29.6 Å². The Kier molecular flexibility index (Phi) is 2.25. The minimum Gasteiger partial charge on any atom is -0.507 e. The first-order valence-electron chi connectivity index (χ1n) is 3.08. The molecule has 0 saturated carbocycles. The molecule has 4 nitrogen and oxygen atoms in total. The lowest BCUT2D eigenvalue weighted by Gasteiger charge is -2.02. The summed E-state index contributed by atoms with van der Waals surface area (Å²) < 4.78 is 12.8. The second kappa shape index (κ2) is 3.19. The van der Waals surface area contributed by atoms with Gasteiger partial charge in [-0.15, -0.1) is 0 Å². The number of hydrogen-bond donors (Lipinski definition) is 3. The van der Waals surface area contributed by atoms with Gasteiger partial charge in [-0.1, -0.05) is 6.07 Å². The summed E-state index contributed by atoms with van der Waals surface area (Å²) in [5.41, 5.74) is 0.655. The number of carbonyl (C=O) groups excluding carboxylic acids is 1. The van der Waals surface area contributed by atoms with E-state index in [9.17, 15) is 9.18 Å². The van der Waals surface area contributed by atoms with E-state index in [0.717, 1.165) is 12.1 Å². The van der Waals surface area contributed by atoms with Gasteiger partial charge in [0.15, 0.2) is 0 Å². The van der Waals surface area contributed by atoms with Crippen LogP contribution in [0.3, 0.4) is 0 Å². The van der Waals surface area contributed by atoms with Gasteiger partial charge < -0.3 is 5.11 Å². The smallest absolute Gasteiger partial charge is 0.281 e. The molecule has 0 aliphatic heterocycles. The van der Waals surface area contributed by atoms with Gasteiger partial charge in [0.1, 0.15) is 17.1 Å². The Balaban J connectivity index is 3.21. The number of amides is 1. The number of carbonyl (C=O) groups is 1. The van der Waals surface area contributed by atoms with Crippen LogP contribution in [0.4, 0.5) is 4.39 Å². The highest BCUT2D eigenvalue weighted by atomic mass is 19.1. The van der Waals surface area contributed by atoms with E-state index in [0.29, 0.717) is 0 Å². The van der Waals surface area contributed by atoms with Crippen molar-refractivity contribution in [3.8, 4) is 5.75 Å². The van der Waals surface area contributed by atoms with Gasteiger partial charge in [0.05, 0.1) is 0 Å². The van der Waals surface area contributed by atoms with Crippen LogP contribution in [-0.4, -0.2) is 16.2 Å². The summed E-state index contributed by atoms with van der Waals surface area (Å²) in [6, 6.07) is 3.40. The lowest BCUT2D eigenvalue weighted by atomic mass is 10.2. The summed E-state index contributed by atoms with van der Waals surface area (Å²) in [6.45, 7) is 0. The highest BCUT2D eigenvalue weighted by Gasteiger charge is 2.14. The third-order valence-electron chi connectivity index (χ3n) is 1.32. The van der Waals surface area contributed by atoms with Crippen molar-refractivity contribution in [2.45, 2.75) is 0 Å². The Bertz CT molecular complexity index is 293. The van der Waals surface area contributed by atoms with E-state index in [1.807, 2.05) is 0 Å². The molecule has 0 heterocycles. The van der Waals surface area contributed by atoms with Gasteiger partial charge in [-0.25, -0.2) is 9.87 Å². The van der Waals surface area contributed by atoms with E-state index in [2.05, 4.69) is 0 Å². The van der Waals surface area contributed by atoms with E-state index in [4.69, 9.17) is 10.3 Å². The molecule has 0 fully saturated rings. The highest BCUT2D eigenvalue weighted by Crippen LogP contribution is 2.18. The Morgan fingerprint density at radius 1 is 1.50 bits per heavy atom. The quantitative estimate of drug-likeness (QED) is 0.429. The number of benzene rings is 1. The van der Waals surface area contributed by atoms with E-state index < -0.39 is 23.0 Å². The average Bonchev–Trinajstić information content (AvgIpc) is 2.03. The predicted molar refractivity (Wildman–Crippen MR) is 37.3 cm³/mol. The molecule has 0 spiro atoms. The maximum absolute atomic E-state index is 12.8. The minimum absolute atomic E-state index is 0.512. The lowest BCUT2D eigenvalue weighted by molar-refractivity contribution is 0.0698. The van der Waals surface area contributed by atoms with Gasteiger partial charge in [-0.3, -0.25) is 10.0 Å². The van der Waals surface area contributed by atoms with Gasteiger partial charge in [0.2, 0.25) is 0 Å². The summed E-state index contributed by atoms with van der Waals surface area (Å²) in [5.74, 6) is -2.48. The zero-order valence-electron chi connectivity index (χ0n) is 5.91. The van der Waals surface area contributed by atoms with E-state index >= 15 is 0 Å². The van der Waals surface area contributed by atoms with Crippen molar-refractivity contribution in [1.29, 1.82) is 0 Å². The summed E-state index contributed by atoms with van der Waals surface area (Å²) in [4.78, 5) is 10.7. The largest absolute Gasteiger partial charge is 0.507 e. The van der Waals surface area contributed by atoms with E-state index in [-0.39, 0.29) is 0 Å². The summed E-state index contributed by atoms with van der Waals surface area (Å²) >= 11 is 0.